The number of hydrogen-bond donors (Lipinski definition) is 2. The Balaban J connectivity index is 2.18. The van der Waals surface area contributed by atoms with E-state index in [-0.39, 0.29) is 24.4 Å². The fraction of sp³-hybridized carbons (Fsp3) is 0.385. The van der Waals surface area contributed by atoms with Crippen molar-refractivity contribution in [3.63, 3.8) is 0 Å². The molecule has 0 saturated carbocycles. The molecule has 8 heteroatoms. The highest BCUT2D eigenvalue weighted by atomic mass is 32.1. The molecule has 2 aromatic rings. The normalized spacial score (nSPS) is 10.9. The molecule has 21 heavy (non-hydrogen) atoms. The Hall–Kier alpha value is -2.22. The van der Waals surface area contributed by atoms with E-state index in [2.05, 4.69) is 15.3 Å². The highest BCUT2D eigenvalue weighted by molar-refractivity contribution is 7.21. The lowest BCUT2D eigenvalue weighted by Crippen LogP contribution is -2.40. The maximum absolute atomic E-state index is 12.4. The molecule has 2 amide bonds. The van der Waals surface area contributed by atoms with E-state index in [4.69, 9.17) is 5.73 Å². The van der Waals surface area contributed by atoms with Gasteiger partial charge in [-0.25, -0.2) is 9.97 Å². The Morgan fingerprint density at radius 2 is 2.05 bits per heavy atom. The molecule has 112 valence electrons. The molecule has 0 fully saturated rings. The minimum absolute atomic E-state index is 0.0223. The molecule has 0 saturated heterocycles. The van der Waals surface area contributed by atoms with Crippen molar-refractivity contribution in [2.45, 2.75) is 19.9 Å². The van der Waals surface area contributed by atoms with Crippen molar-refractivity contribution < 1.29 is 9.59 Å². The molecule has 7 nitrogen and oxygen atoms in total. The first-order valence-corrected chi connectivity index (χ1v) is 7.25. The average molecular weight is 307 g/mol. The van der Waals surface area contributed by atoms with Gasteiger partial charge >= 0.3 is 0 Å². The third-order valence-corrected chi connectivity index (χ3v) is 3.83. The zero-order valence-corrected chi connectivity index (χ0v) is 12.9. The molecule has 2 aromatic heterocycles. The standard InChI is InChI=1S/C13H17N5O2S/c1-7(2)17-8(19)6-18(3)13(20)11-9(14)10-12(21-11)16-5-4-15-10/h4-5,7H,6,14H2,1-3H3,(H,17,19). The smallest absolute Gasteiger partial charge is 0.266 e. The Labute approximate surface area is 126 Å². The first-order valence-electron chi connectivity index (χ1n) is 6.44. The lowest BCUT2D eigenvalue weighted by molar-refractivity contribution is -0.122. The van der Waals surface area contributed by atoms with Gasteiger partial charge in [0.15, 0.2) is 0 Å². The van der Waals surface area contributed by atoms with Crippen molar-refractivity contribution in [2.75, 3.05) is 19.3 Å². The molecule has 0 aliphatic rings. The molecule has 2 rings (SSSR count). The van der Waals surface area contributed by atoms with Gasteiger partial charge in [0.1, 0.15) is 15.2 Å². The van der Waals surface area contributed by atoms with Crippen molar-refractivity contribution in [1.82, 2.24) is 20.2 Å². The molecule has 0 aromatic carbocycles. The molecular formula is C13H17N5O2S. The Morgan fingerprint density at radius 3 is 2.67 bits per heavy atom. The number of nitrogens with one attached hydrogen (secondary N) is 1. The Morgan fingerprint density at radius 1 is 1.38 bits per heavy atom. The summed E-state index contributed by atoms with van der Waals surface area (Å²) < 4.78 is 0. The lowest BCUT2D eigenvalue weighted by Gasteiger charge is -2.17. The first kappa shape index (κ1) is 15.2. The Bertz CT molecular complexity index is 682. The van der Waals surface area contributed by atoms with Crippen LogP contribution in [-0.4, -0.2) is 46.3 Å². The number of nitrogen functional groups attached to an aromatic ring is 1. The average Bonchev–Trinajstić information content (AvgIpc) is 2.74. The van der Waals surface area contributed by atoms with Crippen molar-refractivity contribution >= 4 is 39.2 Å². The van der Waals surface area contributed by atoms with Crippen LogP contribution in [-0.2, 0) is 4.79 Å². The van der Waals surface area contributed by atoms with Gasteiger partial charge in [-0.1, -0.05) is 0 Å². The molecule has 0 bridgehead atoms. The number of rotatable bonds is 4. The zero-order valence-electron chi connectivity index (χ0n) is 12.1. The molecule has 0 atom stereocenters. The van der Waals surface area contributed by atoms with E-state index in [0.29, 0.717) is 20.9 Å². The second-order valence-corrected chi connectivity index (χ2v) is 5.94. The fourth-order valence-corrected chi connectivity index (χ4v) is 2.85. The molecule has 3 N–H and O–H groups in total. The number of nitrogens with zero attached hydrogens (tertiary/aromatic N) is 3. The van der Waals surface area contributed by atoms with Gasteiger partial charge in [-0.3, -0.25) is 9.59 Å². The van der Waals surface area contributed by atoms with Gasteiger partial charge in [0.25, 0.3) is 5.91 Å². The zero-order chi connectivity index (χ0) is 15.6. The largest absolute Gasteiger partial charge is 0.396 e. The maximum atomic E-state index is 12.4. The molecule has 0 radical (unpaired) electrons. The number of anilines is 1. The predicted octanol–water partition coefficient (Wildman–Crippen LogP) is 0.870. The van der Waals surface area contributed by atoms with Gasteiger partial charge in [0.2, 0.25) is 5.91 Å². The van der Waals surface area contributed by atoms with Gasteiger partial charge in [0.05, 0.1) is 12.2 Å². The van der Waals surface area contributed by atoms with Crippen molar-refractivity contribution in [2.24, 2.45) is 0 Å². The Kier molecular flexibility index (Phi) is 4.37. The minimum Gasteiger partial charge on any atom is -0.396 e. The minimum atomic E-state index is -0.309. The number of thiophene rings is 1. The van der Waals surface area contributed by atoms with E-state index in [1.807, 2.05) is 13.8 Å². The molecule has 0 unspecified atom stereocenters. The number of hydrogen-bond acceptors (Lipinski definition) is 6. The number of likely N-dealkylation sites (N-methyl/N-ethyl adjacent to an activating group) is 1. The first-order chi connectivity index (χ1) is 9.90. The highest BCUT2D eigenvalue weighted by Crippen LogP contribution is 2.31. The highest BCUT2D eigenvalue weighted by Gasteiger charge is 2.22. The van der Waals surface area contributed by atoms with Crippen LogP contribution in [0.2, 0.25) is 0 Å². The SMILES string of the molecule is CC(C)NC(=O)CN(C)C(=O)c1sc2nccnc2c1N. The van der Waals surface area contributed by atoms with Gasteiger partial charge in [-0.05, 0) is 13.8 Å². The van der Waals surface area contributed by atoms with Gasteiger partial charge < -0.3 is 16.0 Å². The third-order valence-electron chi connectivity index (χ3n) is 2.73. The monoisotopic (exact) mass is 307 g/mol. The molecule has 2 heterocycles. The van der Waals surface area contributed by atoms with Crippen LogP contribution >= 0.6 is 11.3 Å². The number of fused-ring (bicyclic) bond motifs is 1. The van der Waals surface area contributed by atoms with Crippen molar-refractivity contribution in [1.29, 1.82) is 0 Å². The summed E-state index contributed by atoms with van der Waals surface area (Å²) >= 11 is 1.18. The number of aromatic nitrogens is 2. The molecular weight excluding hydrogens is 290 g/mol. The van der Waals surface area contributed by atoms with Crippen LogP contribution in [0.25, 0.3) is 10.3 Å². The van der Waals surface area contributed by atoms with Crippen LogP contribution in [0.1, 0.15) is 23.5 Å². The van der Waals surface area contributed by atoms with Gasteiger partial charge in [-0.2, -0.15) is 0 Å². The summed E-state index contributed by atoms with van der Waals surface area (Å²) in [7, 11) is 1.56. The molecule has 0 aliphatic heterocycles. The van der Waals surface area contributed by atoms with E-state index in [1.165, 1.54) is 22.4 Å². The topological polar surface area (TPSA) is 101 Å². The van der Waals surface area contributed by atoms with E-state index in [0.717, 1.165) is 0 Å². The second kappa shape index (κ2) is 6.04. The number of amides is 2. The summed E-state index contributed by atoms with van der Waals surface area (Å²) in [5, 5.41) is 2.74. The second-order valence-electron chi connectivity index (χ2n) is 4.94. The van der Waals surface area contributed by atoms with Crippen molar-refractivity contribution in [3.05, 3.63) is 17.3 Å². The quantitative estimate of drug-likeness (QED) is 0.872. The number of carbonyl (C=O) groups is 2. The van der Waals surface area contributed by atoms with Gasteiger partial charge in [-0.15, -0.1) is 11.3 Å². The van der Waals surface area contributed by atoms with Crippen LogP contribution in [0.15, 0.2) is 12.4 Å². The lowest BCUT2D eigenvalue weighted by atomic mass is 10.3. The van der Waals surface area contributed by atoms with Crippen LogP contribution < -0.4 is 11.1 Å². The van der Waals surface area contributed by atoms with Crippen LogP contribution in [0.5, 0.6) is 0 Å². The summed E-state index contributed by atoms with van der Waals surface area (Å²) in [6, 6.07) is 0.0313. The van der Waals surface area contributed by atoms with Crippen molar-refractivity contribution in [3.8, 4) is 0 Å². The van der Waals surface area contributed by atoms with E-state index in [1.54, 1.807) is 13.2 Å². The number of carbonyl (C=O) groups excluding carboxylic acids is 2. The van der Waals surface area contributed by atoms with Crippen LogP contribution in [0.3, 0.4) is 0 Å². The summed E-state index contributed by atoms with van der Waals surface area (Å²) in [6.45, 7) is 3.70. The fourth-order valence-electron chi connectivity index (χ4n) is 1.83. The van der Waals surface area contributed by atoms with E-state index < -0.39 is 0 Å². The summed E-state index contributed by atoms with van der Waals surface area (Å²) in [5.74, 6) is -0.520. The maximum Gasteiger partial charge on any atom is 0.266 e. The summed E-state index contributed by atoms with van der Waals surface area (Å²) in [4.78, 5) is 34.6. The van der Waals surface area contributed by atoms with E-state index >= 15 is 0 Å². The predicted molar refractivity (Wildman–Crippen MR) is 82.1 cm³/mol. The van der Waals surface area contributed by atoms with Crippen LogP contribution in [0, 0.1) is 0 Å². The molecule has 0 aliphatic carbocycles. The summed E-state index contributed by atoms with van der Waals surface area (Å²) in [5.41, 5.74) is 6.78. The summed E-state index contributed by atoms with van der Waals surface area (Å²) in [6.07, 6.45) is 3.08. The third kappa shape index (κ3) is 3.27. The van der Waals surface area contributed by atoms with Crippen LogP contribution in [0.4, 0.5) is 5.69 Å². The number of nitrogens with two attached hydrogens (primary N) is 1. The van der Waals surface area contributed by atoms with Gasteiger partial charge in [0, 0.05) is 25.5 Å². The van der Waals surface area contributed by atoms with E-state index in [9.17, 15) is 9.59 Å². The molecule has 0 spiro atoms.